The Morgan fingerprint density at radius 3 is 1.96 bits per heavy atom. The van der Waals surface area contributed by atoms with Crippen LogP contribution in [0.2, 0.25) is 0 Å². The Balaban J connectivity index is 3.21. The fourth-order valence-electron chi connectivity index (χ4n) is 7.98. The molecule has 314 valence electrons. The van der Waals surface area contributed by atoms with E-state index in [1.54, 1.807) is 30.9 Å². The predicted molar refractivity (Wildman–Crippen MR) is 213 cm³/mol. The second kappa shape index (κ2) is 24.7. The number of hydrogen-bond donors (Lipinski definition) is 3. The van der Waals surface area contributed by atoms with Gasteiger partial charge >= 0.3 is 5.97 Å². The average Bonchev–Trinajstić information content (AvgIpc) is 3.60. The molecule has 0 aromatic carbocycles. The summed E-state index contributed by atoms with van der Waals surface area (Å²) >= 11 is 0. The molecule has 0 radical (unpaired) electrons. The Morgan fingerprint density at radius 2 is 1.44 bits per heavy atom. The molecular weight excluding hydrogens is 690 g/mol. The molecule has 1 saturated heterocycles. The van der Waals surface area contributed by atoms with E-state index in [2.05, 4.69) is 22.5 Å². The molecule has 0 aromatic heterocycles. The molecule has 13 heteroatoms. The third kappa shape index (κ3) is 14.4. The number of rotatable bonds is 26. The van der Waals surface area contributed by atoms with Crippen molar-refractivity contribution in [3.63, 3.8) is 0 Å². The lowest BCUT2D eigenvalue weighted by molar-refractivity contribution is -0.148. The monoisotopic (exact) mass is 768 g/mol. The molecule has 0 saturated carbocycles. The molecule has 4 amide bonds. The van der Waals surface area contributed by atoms with Crippen LogP contribution in [0, 0.1) is 23.7 Å². The summed E-state index contributed by atoms with van der Waals surface area (Å²) in [7, 11) is 6.77. The molecule has 0 spiro atoms. The van der Waals surface area contributed by atoms with Crippen LogP contribution in [0.3, 0.4) is 0 Å². The fraction of sp³-hybridized carbons (Fsp3) is 0.878. The number of carbonyl (C=O) groups excluding carboxylic acids is 4. The van der Waals surface area contributed by atoms with Crippen LogP contribution in [0.1, 0.15) is 127 Å². The van der Waals surface area contributed by atoms with Gasteiger partial charge in [0.05, 0.1) is 42.7 Å². The standard InChI is InChI=1S/C41H77N5O8/c1-14-16-17-18-19-20-23-44(10)35(27(5)6)39(49)43-34(26(3)4)40(50)45(11)36(28(7)15-2)32(53-12)25-33(47)46-24-21-22-31(46)37(54-13)29(8)38(48)42-30(9)41(51)52/h26-32,34-37H,14-25H2,1-13H3,(H,42,48)(H,43,49)(H,51,52)/t28-,29+,30-,31-,32+,34-,35-,36-,37+/m0/s1. The van der Waals surface area contributed by atoms with Crippen molar-refractivity contribution in [1.29, 1.82) is 0 Å². The third-order valence-corrected chi connectivity index (χ3v) is 11.5. The fourth-order valence-corrected chi connectivity index (χ4v) is 7.98. The van der Waals surface area contributed by atoms with Crippen LogP contribution in [0.5, 0.6) is 0 Å². The Morgan fingerprint density at radius 1 is 0.833 bits per heavy atom. The van der Waals surface area contributed by atoms with Crippen LogP contribution < -0.4 is 10.6 Å². The van der Waals surface area contributed by atoms with Crippen molar-refractivity contribution in [3.05, 3.63) is 0 Å². The zero-order valence-electron chi connectivity index (χ0n) is 36.0. The van der Waals surface area contributed by atoms with E-state index in [1.807, 2.05) is 48.6 Å². The van der Waals surface area contributed by atoms with E-state index in [1.165, 1.54) is 39.7 Å². The van der Waals surface area contributed by atoms with Crippen LogP contribution >= 0.6 is 0 Å². The molecule has 0 aromatic rings. The van der Waals surface area contributed by atoms with Crippen molar-refractivity contribution in [2.24, 2.45) is 23.7 Å². The number of amides is 4. The van der Waals surface area contributed by atoms with Gasteiger partial charge in [-0.2, -0.15) is 0 Å². The van der Waals surface area contributed by atoms with E-state index in [0.717, 1.165) is 32.2 Å². The van der Waals surface area contributed by atoms with E-state index >= 15 is 0 Å². The molecule has 13 nitrogen and oxygen atoms in total. The van der Waals surface area contributed by atoms with E-state index in [4.69, 9.17) is 9.47 Å². The number of unbranched alkanes of at least 4 members (excludes halogenated alkanes) is 5. The Bertz CT molecular complexity index is 1170. The SMILES string of the molecule is CCCCCCCCN(C)[C@H](C(=O)N[C@H](C(=O)N(C)[C@@H]([C@@H](C)CC)[C@@H](CC(=O)N1CCC[C@H]1[C@H](OC)[C@@H](C)C(=O)N[C@@H](C)C(=O)O)OC)C(C)C)C(C)C. The molecule has 1 rings (SSSR count). The van der Waals surface area contributed by atoms with E-state index in [0.29, 0.717) is 13.0 Å². The third-order valence-electron chi connectivity index (χ3n) is 11.5. The highest BCUT2D eigenvalue weighted by Gasteiger charge is 2.43. The van der Waals surface area contributed by atoms with Gasteiger partial charge in [0.25, 0.3) is 0 Å². The average molecular weight is 768 g/mol. The van der Waals surface area contributed by atoms with Crippen molar-refractivity contribution >= 4 is 29.6 Å². The first kappa shape index (κ1) is 49.2. The van der Waals surface area contributed by atoms with Gasteiger partial charge < -0.3 is 35.0 Å². The maximum atomic E-state index is 14.4. The zero-order valence-corrected chi connectivity index (χ0v) is 36.0. The highest BCUT2D eigenvalue weighted by Crippen LogP contribution is 2.30. The molecule has 0 unspecified atom stereocenters. The van der Waals surface area contributed by atoms with Crippen molar-refractivity contribution in [2.75, 3.05) is 41.4 Å². The van der Waals surface area contributed by atoms with Gasteiger partial charge in [-0.25, -0.2) is 0 Å². The normalized spacial score (nSPS) is 19.2. The smallest absolute Gasteiger partial charge is 0.325 e. The van der Waals surface area contributed by atoms with E-state index < -0.39 is 54.2 Å². The van der Waals surface area contributed by atoms with Gasteiger partial charge in [0.15, 0.2) is 0 Å². The first-order chi connectivity index (χ1) is 25.4. The first-order valence-electron chi connectivity index (χ1n) is 20.5. The zero-order chi connectivity index (χ0) is 41.3. The second-order valence-corrected chi connectivity index (χ2v) is 16.3. The maximum Gasteiger partial charge on any atom is 0.325 e. The number of nitrogens with one attached hydrogen (secondary N) is 2. The molecule has 54 heavy (non-hydrogen) atoms. The number of carboxylic acids is 1. The molecule has 3 N–H and O–H groups in total. The number of aliphatic carboxylic acids is 1. The van der Waals surface area contributed by atoms with Crippen LogP contribution in [0.15, 0.2) is 0 Å². The van der Waals surface area contributed by atoms with Gasteiger partial charge in [0.1, 0.15) is 12.1 Å². The van der Waals surface area contributed by atoms with Gasteiger partial charge in [-0.1, -0.05) is 93.9 Å². The topological polar surface area (TPSA) is 158 Å². The number of nitrogens with zero attached hydrogens (tertiary/aromatic N) is 3. The van der Waals surface area contributed by atoms with Crippen LogP contribution in [-0.4, -0.2) is 133 Å². The minimum Gasteiger partial charge on any atom is -0.480 e. The summed E-state index contributed by atoms with van der Waals surface area (Å²) < 4.78 is 11.8. The molecule has 1 aliphatic heterocycles. The van der Waals surface area contributed by atoms with Gasteiger partial charge in [-0.3, -0.25) is 28.9 Å². The lowest BCUT2D eigenvalue weighted by Gasteiger charge is -2.41. The van der Waals surface area contributed by atoms with Gasteiger partial charge in [0, 0.05) is 27.8 Å². The number of methoxy groups -OCH3 is 2. The minimum absolute atomic E-state index is 0.00402. The van der Waals surface area contributed by atoms with E-state index in [-0.39, 0.29) is 47.9 Å². The summed E-state index contributed by atoms with van der Waals surface area (Å²) in [4.78, 5) is 72.2. The van der Waals surface area contributed by atoms with Crippen LogP contribution in [0.25, 0.3) is 0 Å². The quantitative estimate of drug-likeness (QED) is 0.104. The van der Waals surface area contributed by atoms with Crippen LogP contribution in [-0.2, 0) is 33.4 Å². The lowest BCUT2D eigenvalue weighted by atomic mass is 9.89. The number of hydrogen-bond acceptors (Lipinski definition) is 8. The Hall–Kier alpha value is -2.77. The van der Waals surface area contributed by atoms with Gasteiger partial charge in [-0.05, 0) is 57.5 Å². The lowest BCUT2D eigenvalue weighted by Crippen LogP contribution is -2.60. The molecule has 9 atom stereocenters. The highest BCUT2D eigenvalue weighted by molar-refractivity contribution is 5.90. The number of carbonyl (C=O) groups is 5. The second-order valence-electron chi connectivity index (χ2n) is 16.3. The number of likely N-dealkylation sites (N-methyl/N-ethyl adjacent to an activating group) is 2. The summed E-state index contributed by atoms with van der Waals surface area (Å²) in [5.74, 6) is -3.04. The molecular formula is C41H77N5O8. The summed E-state index contributed by atoms with van der Waals surface area (Å²) in [6, 6.07) is -3.07. The van der Waals surface area contributed by atoms with Crippen molar-refractivity contribution in [1.82, 2.24) is 25.3 Å². The Labute approximate surface area is 327 Å². The highest BCUT2D eigenvalue weighted by atomic mass is 16.5. The largest absolute Gasteiger partial charge is 0.480 e. The first-order valence-corrected chi connectivity index (χ1v) is 20.5. The molecule has 0 bridgehead atoms. The Kier molecular flexibility index (Phi) is 22.5. The van der Waals surface area contributed by atoms with Crippen molar-refractivity contribution in [3.8, 4) is 0 Å². The van der Waals surface area contributed by atoms with Crippen LogP contribution in [0.4, 0.5) is 0 Å². The number of ether oxygens (including phenoxy) is 2. The summed E-state index contributed by atoms with van der Waals surface area (Å²) in [5.41, 5.74) is 0. The summed E-state index contributed by atoms with van der Waals surface area (Å²) in [6.07, 6.45) is 7.83. The molecule has 1 heterocycles. The van der Waals surface area contributed by atoms with E-state index in [9.17, 15) is 29.1 Å². The molecule has 0 aliphatic carbocycles. The summed E-state index contributed by atoms with van der Waals surface area (Å²) in [5, 5.41) is 14.9. The number of likely N-dealkylation sites (tertiary alicyclic amines) is 1. The van der Waals surface area contributed by atoms with Gasteiger partial charge in [0.2, 0.25) is 23.6 Å². The minimum atomic E-state index is -1.14. The molecule has 1 fully saturated rings. The molecule has 1 aliphatic rings. The predicted octanol–water partition coefficient (Wildman–Crippen LogP) is 4.95. The number of carboxylic acid groups (broad SMARTS) is 1. The maximum absolute atomic E-state index is 14.4. The van der Waals surface area contributed by atoms with Gasteiger partial charge in [-0.15, -0.1) is 0 Å². The summed E-state index contributed by atoms with van der Waals surface area (Å²) in [6.45, 7) is 18.6. The van der Waals surface area contributed by atoms with Crippen molar-refractivity contribution < 1.29 is 38.6 Å². The van der Waals surface area contributed by atoms with Crippen molar-refractivity contribution in [2.45, 2.75) is 169 Å².